The van der Waals surface area contributed by atoms with Crippen molar-refractivity contribution in [3.63, 3.8) is 0 Å². The molecule has 11 heteroatoms. The number of H-pyrrole nitrogens is 1. The van der Waals surface area contributed by atoms with Crippen molar-refractivity contribution < 1.29 is 21.6 Å². The molecule has 0 radical (unpaired) electrons. The topological polar surface area (TPSA) is 131 Å². The summed E-state index contributed by atoms with van der Waals surface area (Å²) in [7, 11) is -6.36. The third kappa shape index (κ3) is 4.02. The number of hydrogen-bond acceptors (Lipinski definition) is 7. The van der Waals surface area contributed by atoms with Crippen molar-refractivity contribution in [1.29, 1.82) is 0 Å². The van der Waals surface area contributed by atoms with Gasteiger partial charge in [-0.3, -0.25) is 4.72 Å². The highest BCUT2D eigenvalue weighted by atomic mass is 32.3. The smallest absolute Gasteiger partial charge is 0.336 e. The minimum Gasteiger partial charge on any atom is -0.466 e. The van der Waals surface area contributed by atoms with Gasteiger partial charge in [-0.05, 0) is 0 Å². The van der Waals surface area contributed by atoms with E-state index in [-0.39, 0.29) is 12.0 Å². The van der Waals surface area contributed by atoms with Crippen LogP contribution in [0.4, 0.5) is 5.95 Å². The maximum atomic E-state index is 11.3. The lowest BCUT2D eigenvalue weighted by molar-refractivity contribution is 0.382. The largest absolute Gasteiger partial charge is 0.466 e. The summed E-state index contributed by atoms with van der Waals surface area (Å²) in [6, 6.07) is -0.0583. The third-order valence-corrected chi connectivity index (χ3v) is 4.73. The van der Waals surface area contributed by atoms with Crippen molar-refractivity contribution in [2.24, 2.45) is 0 Å². The number of ether oxygens (including phenoxy) is 1. The van der Waals surface area contributed by atoms with Crippen molar-refractivity contribution in [2.45, 2.75) is 0 Å². The number of aromatic nitrogens is 3. The molecule has 0 unspecified atom stereocenters. The molecule has 0 atom stereocenters. The Kier molecular flexibility index (Phi) is 3.38. The highest BCUT2D eigenvalue weighted by Gasteiger charge is 2.19. The molecule has 0 bridgehead atoms. The summed E-state index contributed by atoms with van der Waals surface area (Å²) >= 11 is 0. The zero-order valence-electron chi connectivity index (χ0n) is 8.46. The first kappa shape index (κ1) is 12.7. The Labute approximate surface area is 92.2 Å². The molecular weight excluding hydrogens is 260 g/mol. The summed E-state index contributed by atoms with van der Waals surface area (Å²) in [6.45, 7) is 0. The molecule has 1 aromatic heterocycles. The fraction of sp³-hybridized carbons (Fsp3) is 0.600. The van der Waals surface area contributed by atoms with Crippen LogP contribution in [-0.4, -0.2) is 50.5 Å². The number of sulfonamides is 1. The molecule has 0 aliphatic heterocycles. The van der Waals surface area contributed by atoms with Crippen LogP contribution in [0.3, 0.4) is 0 Å². The average molecular weight is 270 g/mol. The van der Waals surface area contributed by atoms with Gasteiger partial charge < -0.3 is 4.74 Å². The Hall–Kier alpha value is -1.36. The first-order valence-electron chi connectivity index (χ1n) is 3.86. The number of nitrogens with one attached hydrogen (secondary N) is 2. The second kappa shape index (κ2) is 4.25. The summed E-state index contributed by atoms with van der Waals surface area (Å²) in [6.07, 6.45) is 0.813. The maximum absolute atomic E-state index is 11.3. The van der Waals surface area contributed by atoms with Gasteiger partial charge in [-0.2, -0.15) is 4.98 Å². The van der Waals surface area contributed by atoms with E-state index in [0.717, 1.165) is 6.26 Å². The van der Waals surface area contributed by atoms with Crippen LogP contribution in [0.2, 0.25) is 0 Å². The van der Waals surface area contributed by atoms with E-state index in [1.165, 1.54) is 7.11 Å². The highest BCUT2D eigenvalue weighted by molar-refractivity contribution is 8.08. The Morgan fingerprint density at radius 2 is 2.00 bits per heavy atom. The van der Waals surface area contributed by atoms with Crippen LogP contribution in [0.15, 0.2) is 0 Å². The lowest BCUT2D eigenvalue weighted by Crippen LogP contribution is -2.22. The normalized spacial score (nSPS) is 12.4. The van der Waals surface area contributed by atoms with Gasteiger partial charge in [0.05, 0.1) is 7.11 Å². The van der Waals surface area contributed by atoms with Crippen LogP contribution in [-0.2, 0) is 19.9 Å². The molecule has 0 saturated carbocycles. The van der Waals surface area contributed by atoms with Gasteiger partial charge in [0, 0.05) is 6.26 Å². The van der Waals surface area contributed by atoms with Crippen molar-refractivity contribution >= 4 is 25.8 Å². The minimum absolute atomic E-state index is 0.0583. The molecule has 0 aliphatic carbocycles. The van der Waals surface area contributed by atoms with Gasteiger partial charge in [-0.1, -0.05) is 0 Å². The van der Waals surface area contributed by atoms with Crippen molar-refractivity contribution in [3.05, 3.63) is 0 Å². The number of anilines is 1. The number of methoxy groups -OCH3 is 1. The molecule has 16 heavy (non-hydrogen) atoms. The second-order valence-electron chi connectivity index (χ2n) is 2.93. The zero-order valence-corrected chi connectivity index (χ0v) is 10.1. The standard InChI is InChI=1S/C5H10N4O5S2/c1-14-5-6-4(7-8-5)9-16(12,13)3-15(2,10)11/h3H2,1-2H3,(H2,6,7,8,9). The fourth-order valence-electron chi connectivity index (χ4n) is 0.842. The number of rotatable bonds is 5. The van der Waals surface area contributed by atoms with Gasteiger partial charge in [0.25, 0.3) is 0 Å². The molecule has 0 spiro atoms. The predicted molar refractivity (Wildman–Crippen MR) is 55.2 cm³/mol. The Morgan fingerprint density at radius 1 is 1.38 bits per heavy atom. The van der Waals surface area contributed by atoms with Gasteiger partial charge in [-0.25, -0.2) is 21.9 Å². The molecule has 1 rings (SSSR count). The second-order valence-corrected chi connectivity index (χ2v) is 7.16. The number of sulfone groups is 1. The summed E-state index contributed by atoms with van der Waals surface area (Å²) in [5, 5.41) is 4.68. The van der Waals surface area contributed by atoms with Crippen LogP contribution >= 0.6 is 0 Å². The molecule has 92 valence electrons. The van der Waals surface area contributed by atoms with Crippen LogP contribution in [0.1, 0.15) is 0 Å². The van der Waals surface area contributed by atoms with Gasteiger partial charge in [0.2, 0.25) is 16.0 Å². The van der Waals surface area contributed by atoms with Crippen molar-refractivity contribution in [3.8, 4) is 6.01 Å². The molecule has 0 aliphatic rings. The average Bonchev–Trinajstić information content (AvgIpc) is 2.46. The van der Waals surface area contributed by atoms with Crippen LogP contribution in [0, 0.1) is 0 Å². The molecule has 2 N–H and O–H groups in total. The first-order chi connectivity index (χ1) is 7.22. The van der Waals surface area contributed by atoms with Gasteiger partial charge in [0.15, 0.2) is 14.9 Å². The Balaban J connectivity index is 2.81. The van der Waals surface area contributed by atoms with Crippen molar-refractivity contribution in [2.75, 3.05) is 23.2 Å². The zero-order chi connectivity index (χ0) is 12.4. The van der Waals surface area contributed by atoms with Crippen LogP contribution in [0.5, 0.6) is 6.01 Å². The van der Waals surface area contributed by atoms with E-state index in [2.05, 4.69) is 19.9 Å². The summed E-state index contributed by atoms with van der Waals surface area (Å²) in [5.74, 6) is -0.208. The third-order valence-electron chi connectivity index (χ3n) is 1.27. The number of hydrogen-bond donors (Lipinski definition) is 2. The maximum Gasteiger partial charge on any atom is 0.336 e. The minimum atomic E-state index is -4.01. The molecule has 1 aromatic rings. The lowest BCUT2D eigenvalue weighted by atomic mass is 11.1. The van der Waals surface area contributed by atoms with E-state index >= 15 is 0 Å². The molecule has 1 heterocycles. The molecule has 9 nitrogen and oxygen atoms in total. The van der Waals surface area contributed by atoms with Gasteiger partial charge in [0.1, 0.15) is 0 Å². The molecular formula is C5H10N4O5S2. The molecule has 0 saturated heterocycles. The van der Waals surface area contributed by atoms with Gasteiger partial charge in [-0.15, -0.1) is 5.10 Å². The number of nitrogens with zero attached hydrogens (tertiary/aromatic N) is 2. The van der Waals surface area contributed by atoms with Crippen LogP contribution in [0.25, 0.3) is 0 Å². The van der Waals surface area contributed by atoms with E-state index < -0.39 is 24.9 Å². The van der Waals surface area contributed by atoms with Gasteiger partial charge >= 0.3 is 6.01 Å². The molecule has 0 amide bonds. The van der Waals surface area contributed by atoms with E-state index in [1.54, 1.807) is 0 Å². The fourth-order valence-corrected chi connectivity index (χ4v) is 3.72. The summed E-state index contributed by atoms with van der Waals surface area (Å²) in [4.78, 5) is 3.57. The van der Waals surface area contributed by atoms with E-state index in [4.69, 9.17) is 0 Å². The molecule has 0 fully saturated rings. The van der Waals surface area contributed by atoms with Crippen molar-refractivity contribution in [1.82, 2.24) is 15.2 Å². The lowest BCUT2D eigenvalue weighted by Gasteiger charge is -2.02. The number of aromatic amines is 1. The van der Waals surface area contributed by atoms with E-state index in [0.29, 0.717) is 0 Å². The first-order valence-corrected chi connectivity index (χ1v) is 7.58. The molecule has 0 aromatic carbocycles. The van der Waals surface area contributed by atoms with E-state index in [9.17, 15) is 16.8 Å². The Bertz CT molecular complexity index is 559. The monoisotopic (exact) mass is 270 g/mol. The highest BCUT2D eigenvalue weighted by Crippen LogP contribution is 2.07. The summed E-state index contributed by atoms with van der Waals surface area (Å²) < 4.78 is 50.7. The predicted octanol–water partition coefficient (Wildman–Crippen LogP) is -1.44. The van der Waals surface area contributed by atoms with E-state index in [1.807, 2.05) is 4.72 Å². The Morgan fingerprint density at radius 3 is 2.44 bits per heavy atom. The SMILES string of the molecule is COc1n[nH]c(NS(=O)(=O)CS(C)(=O)=O)n1. The summed E-state index contributed by atoms with van der Waals surface area (Å²) in [5.41, 5.74) is 0. The van der Waals surface area contributed by atoms with Crippen LogP contribution < -0.4 is 9.46 Å². The quantitative estimate of drug-likeness (QED) is 0.669.